The van der Waals surface area contributed by atoms with Gasteiger partial charge in [-0.15, -0.1) is 0 Å². The monoisotopic (exact) mass is 224 g/mol. The summed E-state index contributed by atoms with van der Waals surface area (Å²) in [5, 5.41) is 5.64. The van der Waals surface area contributed by atoms with Gasteiger partial charge in [0.1, 0.15) is 5.82 Å². The molecule has 0 saturated carbocycles. The molecule has 1 aromatic rings. The van der Waals surface area contributed by atoms with Gasteiger partial charge in [0.25, 0.3) is 0 Å². The largest absolute Gasteiger partial charge is 0.356 e. The van der Waals surface area contributed by atoms with Gasteiger partial charge in [0.15, 0.2) is 0 Å². The Balaban J connectivity index is 2.25. The number of nitrogens with one attached hydrogen (secondary N) is 2. The van der Waals surface area contributed by atoms with E-state index in [-0.39, 0.29) is 11.7 Å². The van der Waals surface area contributed by atoms with Gasteiger partial charge in [0, 0.05) is 19.5 Å². The summed E-state index contributed by atoms with van der Waals surface area (Å²) in [5.74, 6) is -0.224. The molecule has 0 unspecified atom stereocenters. The molecule has 0 fully saturated rings. The van der Waals surface area contributed by atoms with E-state index in [4.69, 9.17) is 0 Å². The summed E-state index contributed by atoms with van der Waals surface area (Å²) in [4.78, 5) is 11.2. The number of carbonyl (C=O) groups excluding carboxylic acids is 1. The van der Waals surface area contributed by atoms with Crippen molar-refractivity contribution in [3.8, 4) is 0 Å². The van der Waals surface area contributed by atoms with Crippen molar-refractivity contribution in [1.82, 2.24) is 10.6 Å². The first kappa shape index (κ1) is 12.6. The Bertz CT molecular complexity index is 342. The first-order valence-corrected chi connectivity index (χ1v) is 5.38. The predicted octanol–water partition coefficient (Wildman–Crippen LogP) is 1.09. The van der Waals surface area contributed by atoms with Crippen LogP contribution in [-0.4, -0.2) is 26.0 Å². The average Bonchev–Trinajstić information content (AvgIpc) is 2.29. The maximum Gasteiger partial charge on any atom is 0.221 e. The van der Waals surface area contributed by atoms with Crippen molar-refractivity contribution in [3.63, 3.8) is 0 Å². The first-order chi connectivity index (χ1) is 7.74. The summed E-state index contributed by atoms with van der Waals surface area (Å²) in [6, 6.07) is 6.61. The van der Waals surface area contributed by atoms with Crippen molar-refractivity contribution in [2.24, 2.45) is 0 Å². The Morgan fingerprint density at radius 2 is 2.06 bits per heavy atom. The normalized spacial score (nSPS) is 10.1. The van der Waals surface area contributed by atoms with Gasteiger partial charge in [-0.1, -0.05) is 18.2 Å². The van der Waals surface area contributed by atoms with E-state index in [1.54, 1.807) is 25.2 Å². The van der Waals surface area contributed by atoms with Crippen LogP contribution in [0.4, 0.5) is 4.39 Å². The fraction of sp³-hybridized carbons (Fsp3) is 0.417. The van der Waals surface area contributed by atoms with E-state index in [2.05, 4.69) is 10.6 Å². The van der Waals surface area contributed by atoms with Gasteiger partial charge in [-0.3, -0.25) is 4.79 Å². The maximum atomic E-state index is 13.2. The molecule has 0 bridgehead atoms. The third kappa shape index (κ3) is 4.40. The van der Waals surface area contributed by atoms with Crippen LogP contribution in [0.5, 0.6) is 0 Å². The Kier molecular flexibility index (Phi) is 5.50. The van der Waals surface area contributed by atoms with E-state index in [0.717, 1.165) is 0 Å². The van der Waals surface area contributed by atoms with Crippen molar-refractivity contribution in [2.45, 2.75) is 12.8 Å². The van der Waals surface area contributed by atoms with Crippen LogP contribution in [0.25, 0.3) is 0 Å². The molecule has 0 atom stereocenters. The molecule has 2 N–H and O–H groups in total. The average molecular weight is 224 g/mol. The zero-order valence-corrected chi connectivity index (χ0v) is 9.42. The minimum Gasteiger partial charge on any atom is -0.356 e. The topological polar surface area (TPSA) is 41.1 Å². The summed E-state index contributed by atoms with van der Waals surface area (Å²) in [7, 11) is 1.80. The van der Waals surface area contributed by atoms with Gasteiger partial charge in [-0.05, 0) is 25.1 Å². The second-order valence-electron chi connectivity index (χ2n) is 3.54. The number of hydrogen-bond donors (Lipinski definition) is 2. The molecule has 0 spiro atoms. The molecule has 0 aliphatic heterocycles. The number of benzene rings is 1. The van der Waals surface area contributed by atoms with Gasteiger partial charge < -0.3 is 10.6 Å². The number of carbonyl (C=O) groups is 1. The summed E-state index contributed by atoms with van der Waals surface area (Å²) >= 11 is 0. The maximum absolute atomic E-state index is 13.2. The first-order valence-electron chi connectivity index (χ1n) is 5.38. The van der Waals surface area contributed by atoms with Crippen molar-refractivity contribution >= 4 is 5.91 Å². The van der Waals surface area contributed by atoms with Gasteiger partial charge >= 0.3 is 0 Å². The zero-order valence-electron chi connectivity index (χ0n) is 9.42. The lowest BCUT2D eigenvalue weighted by Gasteiger charge is -2.05. The quantitative estimate of drug-likeness (QED) is 0.759. The van der Waals surface area contributed by atoms with E-state index >= 15 is 0 Å². The van der Waals surface area contributed by atoms with E-state index in [9.17, 15) is 9.18 Å². The molecule has 1 rings (SSSR count). The molecule has 0 radical (unpaired) electrons. The highest BCUT2D eigenvalue weighted by atomic mass is 19.1. The molecule has 0 saturated heterocycles. The lowest BCUT2D eigenvalue weighted by molar-refractivity contribution is -0.120. The lowest BCUT2D eigenvalue weighted by Crippen LogP contribution is -2.28. The Hall–Kier alpha value is -1.42. The lowest BCUT2D eigenvalue weighted by atomic mass is 10.1. The van der Waals surface area contributed by atoms with Crippen molar-refractivity contribution < 1.29 is 9.18 Å². The van der Waals surface area contributed by atoms with Crippen LogP contribution in [-0.2, 0) is 11.2 Å². The molecular formula is C12H17FN2O. The molecule has 1 amide bonds. The molecule has 0 aromatic heterocycles. The van der Waals surface area contributed by atoms with Crippen LogP contribution >= 0.6 is 0 Å². The third-order valence-corrected chi connectivity index (χ3v) is 2.28. The SMILES string of the molecule is CNCCC(=O)NCCc1ccccc1F. The second kappa shape index (κ2) is 6.95. The van der Waals surface area contributed by atoms with Gasteiger partial charge in [0.05, 0.1) is 0 Å². The van der Waals surface area contributed by atoms with Crippen molar-refractivity contribution in [2.75, 3.05) is 20.1 Å². The molecule has 4 heteroatoms. The fourth-order valence-electron chi connectivity index (χ4n) is 1.36. The Labute approximate surface area is 95.0 Å². The van der Waals surface area contributed by atoms with E-state index in [1.807, 2.05) is 0 Å². The third-order valence-electron chi connectivity index (χ3n) is 2.28. The minimum absolute atomic E-state index is 0.00862. The van der Waals surface area contributed by atoms with Crippen LogP contribution in [0.3, 0.4) is 0 Å². The second-order valence-corrected chi connectivity index (χ2v) is 3.54. The van der Waals surface area contributed by atoms with Crippen LogP contribution in [0.2, 0.25) is 0 Å². The van der Waals surface area contributed by atoms with Gasteiger partial charge in [0.2, 0.25) is 5.91 Å². The molecule has 0 aliphatic rings. The Morgan fingerprint density at radius 3 is 2.75 bits per heavy atom. The standard InChI is InChI=1S/C12H17FN2O/c1-14-8-7-12(16)15-9-6-10-4-2-3-5-11(10)13/h2-5,14H,6-9H2,1H3,(H,15,16). The van der Waals surface area contributed by atoms with Crippen molar-refractivity contribution in [1.29, 1.82) is 0 Å². The molecular weight excluding hydrogens is 207 g/mol. The Morgan fingerprint density at radius 1 is 1.31 bits per heavy atom. The predicted molar refractivity (Wildman–Crippen MR) is 61.7 cm³/mol. The van der Waals surface area contributed by atoms with Crippen LogP contribution in [0.1, 0.15) is 12.0 Å². The molecule has 3 nitrogen and oxygen atoms in total. The highest BCUT2D eigenvalue weighted by Gasteiger charge is 2.02. The minimum atomic E-state index is -0.216. The van der Waals surface area contributed by atoms with Crippen LogP contribution in [0.15, 0.2) is 24.3 Å². The summed E-state index contributed by atoms with van der Waals surface area (Å²) in [6.07, 6.45) is 0.978. The molecule has 0 aliphatic carbocycles. The number of hydrogen-bond acceptors (Lipinski definition) is 2. The van der Waals surface area contributed by atoms with Gasteiger partial charge in [-0.2, -0.15) is 0 Å². The number of rotatable bonds is 6. The fourth-order valence-corrected chi connectivity index (χ4v) is 1.36. The number of amides is 1. The molecule has 1 aromatic carbocycles. The van der Waals surface area contributed by atoms with E-state index < -0.39 is 0 Å². The highest BCUT2D eigenvalue weighted by Crippen LogP contribution is 2.05. The molecule has 88 valence electrons. The van der Waals surface area contributed by atoms with Gasteiger partial charge in [-0.25, -0.2) is 4.39 Å². The van der Waals surface area contributed by atoms with Crippen molar-refractivity contribution in [3.05, 3.63) is 35.6 Å². The summed E-state index contributed by atoms with van der Waals surface area (Å²) < 4.78 is 13.2. The smallest absolute Gasteiger partial charge is 0.221 e. The summed E-state index contributed by atoms with van der Waals surface area (Å²) in [5.41, 5.74) is 0.636. The highest BCUT2D eigenvalue weighted by molar-refractivity contribution is 5.76. The zero-order chi connectivity index (χ0) is 11.8. The van der Waals surface area contributed by atoms with E-state index in [0.29, 0.717) is 31.5 Å². The molecule has 0 heterocycles. The number of halogens is 1. The van der Waals surface area contributed by atoms with Crippen LogP contribution < -0.4 is 10.6 Å². The van der Waals surface area contributed by atoms with Crippen LogP contribution in [0, 0.1) is 5.82 Å². The molecule has 16 heavy (non-hydrogen) atoms. The van der Waals surface area contributed by atoms with E-state index in [1.165, 1.54) is 6.07 Å². The summed E-state index contributed by atoms with van der Waals surface area (Å²) in [6.45, 7) is 1.13.